The molecule has 0 radical (unpaired) electrons. The third-order valence-electron chi connectivity index (χ3n) is 9.92. The van der Waals surface area contributed by atoms with E-state index >= 15 is 0 Å². The maximum atomic E-state index is 12.7. The Morgan fingerprint density at radius 2 is 0.955 bits per heavy atom. The Hall–Kier alpha value is -4.39. The number of hydrogen-bond acceptors (Lipinski definition) is 16. The predicted molar refractivity (Wildman–Crippen MR) is 253 cm³/mol. The number of carbonyl (C=O) groups is 5. The molecule has 0 aliphatic rings. The van der Waals surface area contributed by atoms with E-state index in [-0.39, 0.29) is 43.3 Å². The third kappa shape index (κ3) is 24.4. The molecule has 0 aliphatic carbocycles. The monoisotopic (exact) mass is 970 g/mol. The Bertz CT molecular complexity index is 2000. The number of aliphatic hydroxyl groups is 3. The lowest BCUT2D eigenvalue weighted by atomic mass is 10.0. The standard InChI is InChI=1S/C22H38N4O6S.C22H36N4O6S/c2*1-5-10-17(26-21(29)18(23-6-2)14-33(4,31)32)20(28)22(30)24-13-19(27)25-15(3)16-11-8-7-9-12-16/h7-9,11-12,15,17-18,20,22-24,28,30H,5-6,10,13-14H2,1-4H3,(H,25,27)(H,26,29);7-9,11-12,15,17-18,22-24,30H,5-6,10,13-14H2,1-4H3,(H,25,27)(H,26,29)/t15-,17?,18?,20?,22+;15-,17?,18?,22+/m11/s1. The zero-order valence-corrected chi connectivity index (χ0v) is 41.0. The van der Waals surface area contributed by atoms with Crippen LogP contribution in [0.3, 0.4) is 0 Å². The van der Waals surface area contributed by atoms with Crippen molar-refractivity contribution < 1.29 is 56.1 Å². The first-order valence-electron chi connectivity index (χ1n) is 22.1. The summed E-state index contributed by atoms with van der Waals surface area (Å²) in [5.74, 6) is -3.51. The van der Waals surface area contributed by atoms with Gasteiger partial charge < -0.3 is 47.2 Å². The van der Waals surface area contributed by atoms with E-state index in [1.165, 1.54) is 0 Å². The number of Topliss-reactive ketones (excluding diaryl/α,β-unsaturated/α-hetero) is 1. The maximum Gasteiger partial charge on any atom is 0.238 e. The van der Waals surface area contributed by atoms with Crippen LogP contribution < -0.4 is 42.5 Å². The SMILES string of the molecule is CCCC(NC(=O)C(CS(C)(=O)=O)NCC)C(=O)[C@H](O)NCC(=O)N[C@H](C)c1ccccc1.CCCC(NC(=O)C(CS(C)(=O)=O)NCC)C(O)[C@H](O)NCC(=O)N[C@H](C)c1ccccc1. The second-order valence-electron chi connectivity index (χ2n) is 16.1. The summed E-state index contributed by atoms with van der Waals surface area (Å²) < 4.78 is 46.5. The highest BCUT2D eigenvalue weighted by Crippen LogP contribution is 2.12. The van der Waals surface area contributed by atoms with E-state index in [0.717, 1.165) is 23.6 Å². The summed E-state index contributed by atoms with van der Waals surface area (Å²) >= 11 is 0. The molecule has 0 bridgehead atoms. The van der Waals surface area contributed by atoms with Gasteiger partial charge in [0.25, 0.3) is 0 Å². The van der Waals surface area contributed by atoms with Crippen LogP contribution in [-0.2, 0) is 43.6 Å². The summed E-state index contributed by atoms with van der Waals surface area (Å²) in [4.78, 5) is 62.3. The van der Waals surface area contributed by atoms with Gasteiger partial charge >= 0.3 is 0 Å². The molecule has 0 fully saturated rings. The van der Waals surface area contributed by atoms with E-state index in [1.54, 1.807) is 13.8 Å². The van der Waals surface area contributed by atoms with E-state index in [4.69, 9.17) is 0 Å². The molecule has 20 nitrogen and oxygen atoms in total. The van der Waals surface area contributed by atoms with Gasteiger partial charge in [0.05, 0.1) is 48.8 Å². The molecule has 0 saturated heterocycles. The van der Waals surface area contributed by atoms with Crippen molar-refractivity contribution in [3.05, 3.63) is 71.8 Å². The Morgan fingerprint density at radius 1 is 0.545 bits per heavy atom. The number of benzene rings is 2. The Kier molecular flexibility index (Phi) is 27.8. The third-order valence-corrected chi connectivity index (χ3v) is 11.8. The van der Waals surface area contributed by atoms with Crippen molar-refractivity contribution in [1.29, 1.82) is 0 Å². The van der Waals surface area contributed by atoms with E-state index in [0.29, 0.717) is 32.4 Å². The molecule has 374 valence electrons. The molecule has 66 heavy (non-hydrogen) atoms. The maximum absolute atomic E-state index is 12.7. The van der Waals surface area contributed by atoms with Crippen LogP contribution in [0.15, 0.2) is 60.7 Å². The van der Waals surface area contributed by atoms with Gasteiger partial charge in [-0.2, -0.15) is 0 Å². The van der Waals surface area contributed by atoms with Crippen molar-refractivity contribution >= 4 is 49.1 Å². The summed E-state index contributed by atoms with van der Waals surface area (Å²) in [6.45, 7) is 11.0. The van der Waals surface area contributed by atoms with E-state index in [2.05, 4.69) is 42.5 Å². The number of ketones is 1. The van der Waals surface area contributed by atoms with Crippen LogP contribution in [0.25, 0.3) is 0 Å². The van der Waals surface area contributed by atoms with Crippen LogP contribution in [0.1, 0.15) is 90.4 Å². The number of nitrogens with one attached hydrogen (secondary N) is 8. The highest BCUT2D eigenvalue weighted by molar-refractivity contribution is 7.91. The van der Waals surface area contributed by atoms with Crippen LogP contribution in [0, 0.1) is 0 Å². The lowest BCUT2D eigenvalue weighted by molar-refractivity contribution is -0.135. The molecule has 9 atom stereocenters. The zero-order valence-electron chi connectivity index (χ0n) is 39.4. The first-order chi connectivity index (χ1) is 31.0. The Labute approximate surface area is 390 Å². The number of aliphatic hydroxyl groups excluding tert-OH is 3. The van der Waals surface area contributed by atoms with Gasteiger partial charge in [-0.3, -0.25) is 34.6 Å². The van der Waals surface area contributed by atoms with Crippen molar-refractivity contribution in [2.45, 2.75) is 122 Å². The molecule has 5 unspecified atom stereocenters. The van der Waals surface area contributed by atoms with Gasteiger partial charge in [-0.1, -0.05) is 101 Å². The molecule has 22 heteroatoms. The molecule has 0 aliphatic heterocycles. The molecular weight excluding hydrogens is 897 g/mol. The average Bonchev–Trinajstić information content (AvgIpc) is 3.26. The Balaban J connectivity index is 0.000000660. The number of likely N-dealkylation sites (N-methyl/N-ethyl adjacent to an activating group) is 2. The lowest BCUT2D eigenvalue weighted by Gasteiger charge is -2.29. The van der Waals surface area contributed by atoms with Gasteiger partial charge in [-0.05, 0) is 50.9 Å². The fourth-order valence-corrected chi connectivity index (χ4v) is 8.33. The van der Waals surface area contributed by atoms with Crippen molar-refractivity contribution in [2.75, 3.05) is 50.2 Å². The molecule has 4 amide bonds. The summed E-state index contributed by atoms with van der Waals surface area (Å²) in [5.41, 5.74) is 1.85. The minimum Gasteiger partial charge on any atom is -0.387 e. The summed E-state index contributed by atoms with van der Waals surface area (Å²) in [6, 6.07) is 14.4. The van der Waals surface area contributed by atoms with Crippen molar-refractivity contribution in [2.24, 2.45) is 0 Å². The van der Waals surface area contributed by atoms with Gasteiger partial charge in [0, 0.05) is 12.5 Å². The van der Waals surface area contributed by atoms with E-state index in [1.807, 2.05) is 88.4 Å². The highest BCUT2D eigenvalue weighted by Gasteiger charge is 2.32. The summed E-state index contributed by atoms with van der Waals surface area (Å²) in [5, 5.41) is 52.6. The average molecular weight is 971 g/mol. The number of carbonyl (C=O) groups excluding carboxylic acids is 5. The number of rotatable bonds is 30. The second kappa shape index (κ2) is 30.8. The molecule has 0 heterocycles. The predicted octanol–water partition coefficient (Wildman–Crippen LogP) is -0.911. The van der Waals surface area contributed by atoms with Crippen molar-refractivity contribution in [3.63, 3.8) is 0 Å². The molecule has 2 rings (SSSR count). The zero-order chi connectivity index (χ0) is 50.0. The van der Waals surface area contributed by atoms with Gasteiger partial charge in [-0.25, -0.2) is 16.8 Å². The van der Waals surface area contributed by atoms with E-state index in [9.17, 15) is 56.1 Å². The topological polar surface area (TPSA) is 311 Å². The van der Waals surface area contributed by atoms with Crippen LogP contribution in [0.4, 0.5) is 0 Å². The first-order valence-corrected chi connectivity index (χ1v) is 26.2. The van der Waals surface area contributed by atoms with Crippen LogP contribution >= 0.6 is 0 Å². The highest BCUT2D eigenvalue weighted by atomic mass is 32.2. The normalized spacial score (nSPS) is 15.7. The number of amides is 4. The van der Waals surface area contributed by atoms with Crippen LogP contribution in [-0.4, -0.2) is 154 Å². The summed E-state index contributed by atoms with van der Waals surface area (Å²) in [6.07, 6.45) is -0.762. The molecule has 0 spiro atoms. The van der Waals surface area contributed by atoms with Gasteiger partial charge in [0.1, 0.15) is 44.1 Å². The molecule has 2 aromatic rings. The van der Waals surface area contributed by atoms with E-state index < -0.39 is 91.7 Å². The number of sulfone groups is 2. The minimum absolute atomic E-state index is 0.229. The first kappa shape index (κ1) is 59.6. The lowest BCUT2D eigenvalue weighted by Crippen LogP contribution is -2.58. The second-order valence-corrected chi connectivity index (χ2v) is 20.4. The minimum atomic E-state index is -3.44. The van der Waals surface area contributed by atoms with Crippen LogP contribution in [0.2, 0.25) is 0 Å². The molecule has 0 saturated carbocycles. The van der Waals surface area contributed by atoms with Gasteiger partial charge in [-0.15, -0.1) is 0 Å². The Morgan fingerprint density at radius 3 is 1.35 bits per heavy atom. The fourth-order valence-electron chi connectivity index (χ4n) is 6.58. The smallest absolute Gasteiger partial charge is 0.238 e. The molecule has 11 N–H and O–H groups in total. The molecule has 2 aromatic carbocycles. The van der Waals surface area contributed by atoms with Gasteiger partial charge in [0.15, 0.2) is 12.0 Å². The number of hydrogen-bond donors (Lipinski definition) is 11. The van der Waals surface area contributed by atoms with Crippen LogP contribution in [0.5, 0.6) is 0 Å². The van der Waals surface area contributed by atoms with Gasteiger partial charge in [0.2, 0.25) is 23.6 Å². The summed E-state index contributed by atoms with van der Waals surface area (Å²) in [7, 11) is -6.85. The fraction of sp³-hybridized carbons (Fsp3) is 0.614. The van der Waals surface area contributed by atoms with Crippen molar-refractivity contribution in [3.8, 4) is 0 Å². The molecule has 0 aromatic heterocycles. The van der Waals surface area contributed by atoms with Crippen molar-refractivity contribution in [1.82, 2.24) is 42.5 Å². The largest absolute Gasteiger partial charge is 0.387 e. The quantitative estimate of drug-likeness (QED) is 0.0423. The molecular formula is C44H74N8O12S2.